The second-order valence-electron chi connectivity index (χ2n) is 22.4. The molecule has 18 nitrogen and oxygen atoms in total. The van der Waals surface area contributed by atoms with Gasteiger partial charge in [0, 0.05) is 99.5 Å². The molecule has 3 N–H and O–H groups in total. The van der Waals surface area contributed by atoms with E-state index in [1.165, 1.54) is 48.1 Å². The van der Waals surface area contributed by atoms with Crippen molar-refractivity contribution >= 4 is 56.8 Å². The molecule has 0 amide bonds. The van der Waals surface area contributed by atoms with Crippen LogP contribution in [0.4, 0.5) is 21.5 Å². The van der Waals surface area contributed by atoms with Crippen LogP contribution >= 0.6 is 10.7 Å². The number of sulfonamides is 2. The lowest BCUT2D eigenvalue weighted by Crippen LogP contribution is -2.35. The van der Waals surface area contributed by atoms with E-state index in [1.54, 1.807) is 52.8 Å². The first-order valence-electron chi connectivity index (χ1n) is 26.6. The zero-order valence-electron chi connectivity index (χ0n) is 47.5. The number of hydrogen-bond acceptors (Lipinski definition) is 14. The molecule has 0 saturated carbocycles. The van der Waals surface area contributed by atoms with Gasteiger partial charge in [0.05, 0.1) is 24.5 Å². The average molecular weight is 1190 g/mol. The molecule has 3 saturated heterocycles. The maximum Gasteiger partial charge on any atom is 0.269 e. The molecule has 23 heteroatoms. The summed E-state index contributed by atoms with van der Waals surface area (Å²) >= 11 is 0. The van der Waals surface area contributed by atoms with E-state index in [-0.39, 0.29) is 32.5 Å². The lowest BCUT2D eigenvalue weighted by Gasteiger charge is -2.24. The van der Waals surface area contributed by atoms with Crippen LogP contribution in [-0.2, 0) is 45.3 Å². The summed E-state index contributed by atoms with van der Waals surface area (Å²) in [5, 5.41) is 30.6. The van der Waals surface area contributed by atoms with Crippen LogP contribution in [-0.4, -0.2) is 122 Å². The van der Waals surface area contributed by atoms with E-state index in [4.69, 9.17) is 10.7 Å². The summed E-state index contributed by atoms with van der Waals surface area (Å²) in [5.74, 6) is -0.467. The molecule has 0 radical (unpaired) electrons. The van der Waals surface area contributed by atoms with Gasteiger partial charge in [0.1, 0.15) is 5.82 Å². The van der Waals surface area contributed by atoms with E-state index in [1.807, 2.05) is 24.3 Å². The van der Waals surface area contributed by atoms with Crippen LogP contribution in [0.15, 0.2) is 136 Å². The summed E-state index contributed by atoms with van der Waals surface area (Å²) in [4.78, 5) is 22.8. The fourth-order valence-electron chi connectivity index (χ4n) is 8.24. The Balaban J connectivity index is 0.000000234. The minimum Gasteiger partial charge on any atom is -0.370 e. The molecule has 0 aromatic heterocycles. The van der Waals surface area contributed by atoms with Crippen LogP contribution in [0.2, 0.25) is 0 Å². The van der Waals surface area contributed by atoms with Crippen LogP contribution in [0.1, 0.15) is 98.3 Å². The first kappa shape index (κ1) is 67.1. The second-order valence-corrected chi connectivity index (χ2v) is 28.8. The molecule has 80 heavy (non-hydrogen) atoms. The molecule has 0 unspecified atom stereocenters. The van der Waals surface area contributed by atoms with Crippen molar-refractivity contribution in [2.45, 2.75) is 113 Å². The number of anilines is 1. The van der Waals surface area contributed by atoms with Crippen LogP contribution in [0.5, 0.6) is 0 Å². The summed E-state index contributed by atoms with van der Waals surface area (Å²) < 4.78 is 88.6. The van der Waals surface area contributed by atoms with E-state index >= 15 is 0 Å². The van der Waals surface area contributed by atoms with Crippen molar-refractivity contribution in [2.24, 2.45) is 0 Å². The third-order valence-corrected chi connectivity index (χ3v) is 18.3. The maximum absolute atomic E-state index is 13.1. The van der Waals surface area contributed by atoms with Crippen molar-refractivity contribution in [1.29, 1.82) is 0 Å². The number of nitrogens with one attached hydrogen (secondary N) is 3. The van der Waals surface area contributed by atoms with Crippen LogP contribution < -0.4 is 20.9 Å². The lowest BCUT2D eigenvalue weighted by atomic mass is 9.87. The first-order chi connectivity index (χ1) is 37.3. The van der Waals surface area contributed by atoms with Gasteiger partial charge in [-0.1, -0.05) is 98.7 Å². The number of non-ortho nitro benzene ring substituents is 2. The van der Waals surface area contributed by atoms with Crippen LogP contribution in [0.25, 0.3) is 0 Å². The Kier molecular flexibility index (Phi) is 25.2. The van der Waals surface area contributed by atoms with E-state index in [0.29, 0.717) is 55.5 Å². The highest BCUT2D eigenvalue weighted by molar-refractivity contribution is 8.13. The molecule has 0 bridgehead atoms. The van der Waals surface area contributed by atoms with Crippen molar-refractivity contribution in [3.05, 3.63) is 164 Å². The summed E-state index contributed by atoms with van der Waals surface area (Å²) in [6.07, 6.45) is 2.83. The molecule has 440 valence electrons. The standard InChI is InChI=1S/C21H27N3O4S.C15H24N2O2S.C10H13ClO2S.C6H4FNO2.C5H12N2/c1-21(2,3)17-5-11-20(12-6-17)29(27,28)23-14-4-13-22(15-16-23)18-7-9-19(10-8-18)24(25)26;1-15(2,3)13-5-7-14(8-6-13)20(18,19)17-11-4-9-16-10-12-17;1-10(2,3)8-4-6-9(7-5-8)14(11,12)13;7-5-1-3-6(4-2-5)8(9)10;1-2-6-4-5-7-3-1/h5-12H,4,13-16H2,1-3H3;5-8,16H,4,9-12H2,1-3H3;4-7H,1-3H3;1-4H;6-7H,1-5H2. The summed E-state index contributed by atoms with van der Waals surface area (Å²) in [5.41, 5.74) is 4.17. The third kappa shape index (κ3) is 21.5. The largest absolute Gasteiger partial charge is 0.370 e. The number of nitrogens with zero attached hydrogens (tertiary/aromatic N) is 5. The first-order valence-corrected chi connectivity index (χ1v) is 31.8. The van der Waals surface area contributed by atoms with Crippen LogP contribution in [0, 0.1) is 26.0 Å². The summed E-state index contributed by atoms with van der Waals surface area (Å²) in [6, 6.07) is 31.8. The Labute approximate surface area is 478 Å². The van der Waals surface area contributed by atoms with Crippen molar-refractivity contribution in [2.75, 3.05) is 83.4 Å². The molecule has 0 atom stereocenters. The Morgan fingerprint density at radius 1 is 0.438 bits per heavy atom. The molecule has 3 heterocycles. The molecule has 5 aromatic rings. The van der Waals surface area contributed by atoms with Gasteiger partial charge in [-0.2, -0.15) is 8.61 Å². The highest BCUT2D eigenvalue weighted by Crippen LogP contribution is 2.29. The summed E-state index contributed by atoms with van der Waals surface area (Å²) in [6.45, 7) is 28.3. The topological polar surface area (TPSA) is 235 Å². The second kappa shape index (κ2) is 30.0. The Morgan fingerprint density at radius 2 is 0.800 bits per heavy atom. The fraction of sp³-hybridized carbons (Fsp3) is 0.474. The molecule has 0 spiro atoms. The van der Waals surface area contributed by atoms with Crippen LogP contribution in [0.3, 0.4) is 0 Å². The zero-order chi connectivity index (χ0) is 59.5. The predicted octanol–water partition coefficient (Wildman–Crippen LogP) is 9.98. The van der Waals surface area contributed by atoms with Gasteiger partial charge in [-0.3, -0.25) is 20.2 Å². The molecular formula is C57H80ClFN8O10S3. The number of hydrogen-bond donors (Lipinski definition) is 3. The average Bonchev–Trinajstić information content (AvgIpc) is 3.98. The number of nitro benzene ring substituents is 2. The van der Waals surface area contributed by atoms with Gasteiger partial charge in [0.2, 0.25) is 20.0 Å². The van der Waals surface area contributed by atoms with Crippen molar-refractivity contribution in [3.63, 3.8) is 0 Å². The minimum atomic E-state index is -3.59. The van der Waals surface area contributed by atoms with Gasteiger partial charge in [-0.05, 0) is 132 Å². The monoisotopic (exact) mass is 1190 g/mol. The molecule has 3 fully saturated rings. The highest BCUT2D eigenvalue weighted by Gasteiger charge is 2.29. The zero-order valence-corrected chi connectivity index (χ0v) is 50.7. The highest BCUT2D eigenvalue weighted by atomic mass is 35.7. The quantitative estimate of drug-likeness (QED) is 0.0745. The number of halogens is 2. The normalized spacial score (nSPS) is 16.2. The molecule has 8 rings (SSSR count). The van der Waals surface area contributed by atoms with Gasteiger partial charge in [-0.25, -0.2) is 29.6 Å². The summed E-state index contributed by atoms with van der Waals surface area (Å²) in [7, 11) is -5.30. The smallest absolute Gasteiger partial charge is 0.269 e. The van der Waals surface area contributed by atoms with Crippen molar-refractivity contribution in [1.82, 2.24) is 24.6 Å². The SMILES string of the molecule is C1CNCCNC1.CC(C)(C)c1ccc(S(=O)(=O)Cl)cc1.CC(C)(C)c1ccc(S(=O)(=O)N2CCCN(c3ccc([N+](=O)[O-])cc3)CC2)cc1.CC(C)(C)c1ccc(S(=O)(=O)N2CCCNCC2)cc1.O=[N+]([O-])c1ccc(F)cc1. The molecule has 3 aliphatic heterocycles. The fourth-order valence-corrected chi connectivity index (χ4v) is 12.0. The van der Waals surface area contributed by atoms with E-state index in [9.17, 15) is 49.9 Å². The Morgan fingerprint density at radius 3 is 1.20 bits per heavy atom. The minimum absolute atomic E-state index is 0.0224. The number of rotatable bonds is 8. The van der Waals surface area contributed by atoms with E-state index in [2.05, 4.69) is 83.2 Å². The Bertz CT molecular complexity index is 3060. The Hall–Kier alpha value is -5.43. The van der Waals surface area contributed by atoms with Gasteiger partial charge >= 0.3 is 0 Å². The van der Waals surface area contributed by atoms with Gasteiger partial charge in [0.25, 0.3) is 20.4 Å². The molecule has 0 aliphatic carbocycles. The van der Waals surface area contributed by atoms with E-state index in [0.717, 1.165) is 79.2 Å². The third-order valence-electron chi connectivity index (χ3n) is 13.1. The molecular weight excluding hydrogens is 1110 g/mol. The van der Waals surface area contributed by atoms with E-state index < -0.39 is 44.8 Å². The maximum atomic E-state index is 13.1. The van der Waals surface area contributed by atoms with Gasteiger partial charge < -0.3 is 20.9 Å². The predicted molar refractivity (Wildman–Crippen MR) is 317 cm³/mol. The number of nitro groups is 2. The number of benzene rings is 5. The van der Waals surface area contributed by atoms with Gasteiger partial charge in [-0.15, -0.1) is 0 Å². The lowest BCUT2D eigenvalue weighted by molar-refractivity contribution is -0.385. The van der Waals surface area contributed by atoms with Crippen molar-refractivity contribution < 1.29 is 39.5 Å². The van der Waals surface area contributed by atoms with Crippen molar-refractivity contribution in [3.8, 4) is 0 Å². The van der Waals surface area contributed by atoms with Gasteiger partial charge in [0.15, 0.2) is 0 Å². The molecule has 5 aromatic carbocycles. The molecule has 3 aliphatic rings.